The van der Waals surface area contributed by atoms with Gasteiger partial charge in [0.25, 0.3) is 0 Å². The number of hydrogen-bond acceptors (Lipinski definition) is 5. The van der Waals surface area contributed by atoms with Crippen molar-refractivity contribution >= 4 is 34.1 Å². The lowest BCUT2D eigenvalue weighted by Crippen LogP contribution is -2.12. The van der Waals surface area contributed by atoms with Gasteiger partial charge in [-0.2, -0.15) is 0 Å². The van der Waals surface area contributed by atoms with Crippen LogP contribution in [0.4, 0.5) is 5.13 Å². The Morgan fingerprint density at radius 1 is 1.04 bits per heavy atom. The highest BCUT2D eigenvalue weighted by Gasteiger charge is 2.09. The first-order chi connectivity index (χ1) is 12.6. The molecule has 0 bridgehead atoms. The van der Waals surface area contributed by atoms with Crippen LogP contribution in [0.3, 0.4) is 0 Å². The van der Waals surface area contributed by atoms with Crippen LogP contribution in [0.5, 0.6) is 0 Å². The maximum Gasteiger partial charge on any atom is 0.226 e. The molecule has 134 valence electrons. The van der Waals surface area contributed by atoms with E-state index in [4.69, 9.17) is 0 Å². The van der Waals surface area contributed by atoms with Gasteiger partial charge in [-0.1, -0.05) is 71.6 Å². The average Bonchev–Trinajstić information content (AvgIpc) is 3.09. The lowest BCUT2D eigenvalue weighted by molar-refractivity contribution is -0.116. The number of carbonyl (C=O) groups excluding carboxylic acids is 1. The average molecular weight is 384 g/mol. The van der Waals surface area contributed by atoms with Gasteiger partial charge >= 0.3 is 0 Å². The summed E-state index contributed by atoms with van der Waals surface area (Å²) in [7, 11) is 0. The number of nitrogens with one attached hydrogen (secondary N) is 1. The molecule has 2 aromatic carbocycles. The van der Waals surface area contributed by atoms with Crippen LogP contribution in [0.25, 0.3) is 0 Å². The molecular formula is C20H21N3OS2. The Hall–Kier alpha value is -2.18. The fourth-order valence-corrected chi connectivity index (χ4v) is 4.16. The molecule has 6 heteroatoms. The molecule has 26 heavy (non-hydrogen) atoms. The minimum atomic E-state index is -0.0287. The van der Waals surface area contributed by atoms with Gasteiger partial charge < -0.3 is 5.32 Å². The summed E-state index contributed by atoms with van der Waals surface area (Å²) in [6, 6.07) is 16.6. The van der Waals surface area contributed by atoms with Gasteiger partial charge in [-0.3, -0.25) is 4.79 Å². The first-order valence-electron chi connectivity index (χ1n) is 8.46. The molecule has 0 spiro atoms. The number of hydrogen-bond donors (Lipinski definition) is 1. The van der Waals surface area contributed by atoms with Crippen molar-refractivity contribution in [2.24, 2.45) is 0 Å². The van der Waals surface area contributed by atoms with E-state index >= 15 is 0 Å². The van der Waals surface area contributed by atoms with E-state index in [1.807, 2.05) is 18.2 Å². The van der Waals surface area contributed by atoms with Crippen LogP contribution in [0.15, 0.2) is 52.9 Å². The monoisotopic (exact) mass is 383 g/mol. The zero-order chi connectivity index (χ0) is 18.4. The first-order valence-corrected chi connectivity index (χ1v) is 10.3. The highest BCUT2D eigenvalue weighted by molar-refractivity contribution is 8.00. The van der Waals surface area contributed by atoms with Crippen LogP contribution >= 0.6 is 23.1 Å². The smallest absolute Gasteiger partial charge is 0.226 e. The fourth-order valence-electron chi connectivity index (χ4n) is 2.44. The van der Waals surface area contributed by atoms with E-state index in [0.717, 1.165) is 16.5 Å². The summed E-state index contributed by atoms with van der Waals surface area (Å²) >= 11 is 3.04. The van der Waals surface area contributed by atoms with Crippen LogP contribution in [0.2, 0.25) is 0 Å². The number of amides is 1. The highest BCUT2D eigenvalue weighted by atomic mass is 32.2. The van der Waals surface area contributed by atoms with Gasteiger partial charge in [0.2, 0.25) is 11.0 Å². The summed E-state index contributed by atoms with van der Waals surface area (Å²) in [5.74, 6) is 0.815. The predicted octanol–water partition coefficient (Wildman–Crippen LogP) is 5.02. The topological polar surface area (TPSA) is 54.9 Å². The molecule has 0 aliphatic carbocycles. The largest absolute Gasteiger partial charge is 0.300 e. The first kappa shape index (κ1) is 18.6. The van der Waals surface area contributed by atoms with E-state index in [9.17, 15) is 4.79 Å². The summed E-state index contributed by atoms with van der Waals surface area (Å²) < 4.78 is 0.860. The number of aryl methyl sites for hydroxylation is 3. The van der Waals surface area contributed by atoms with Crippen LogP contribution < -0.4 is 5.32 Å². The standard InChI is InChI=1S/C20H21N3OS2/c1-14-8-9-16(12-15(14)2)10-11-18(24)21-19-22-23-20(26-19)25-13-17-6-4-3-5-7-17/h3-9,12H,10-11,13H2,1-2H3,(H,21,22,24). The second-order valence-electron chi connectivity index (χ2n) is 6.11. The number of aromatic nitrogens is 2. The number of rotatable bonds is 7. The number of nitrogens with zero attached hydrogens (tertiary/aromatic N) is 2. The molecule has 1 heterocycles. The van der Waals surface area contributed by atoms with Crippen molar-refractivity contribution in [1.82, 2.24) is 10.2 Å². The lowest BCUT2D eigenvalue weighted by atomic mass is 10.0. The predicted molar refractivity (Wildman–Crippen MR) is 109 cm³/mol. The molecule has 0 aliphatic heterocycles. The Kier molecular flexibility index (Phi) is 6.41. The molecule has 1 amide bonds. The number of anilines is 1. The minimum absolute atomic E-state index is 0.0287. The summed E-state index contributed by atoms with van der Waals surface area (Å²) in [5, 5.41) is 11.6. The zero-order valence-electron chi connectivity index (χ0n) is 14.9. The Balaban J connectivity index is 1.47. The molecule has 0 saturated heterocycles. The number of benzene rings is 2. The fraction of sp³-hybridized carbons (Fsp3) is 0.250. The Labute approximate surface area is 162 Å². The number of thioether (sulfide) groups is 1. The third-order valence-electron chi connectivity index (χ3n) is 4.07. The van der Waals surface area contributed by atoms with Gasteiger partial charge in [-0.05, 0) is 42.5 Å². The molecule has 3 rings (SSSR count). The van der Waals surface area contributed by atoms with Gasteiger partial charge in [0.15, 0.2) is 4.34 Å². The lowest BCUT2D eigenvalue weighted by Gasteiger charge is -2.05. The van der Waals surface area contributed by atoms with Crippen molar-refractivity contribution in [3.05, 3.63) is 70.8 Å². The van der Waals surface area contributed by atoms with Crippen molar-refractivity contribution in [2.45, 2.75) is 36.8 Å². The third kappa shape index (κ3) is 5.41. The van der Waals surface area contributed by atoms with Gasteiger partial charge in [-0.15, -0.1) is 10.2 Å². The van der Waals surface area contributed by atoms with E-state index in [2.05, 4.69) is 59.7 Å². The molecule has 0 aliphatic rings. The van der Waals surface area contributed by atoms with Crippen LogP contribution in [-0.2, 0) is 17.0 Å². The molecule has 3 aromatic rings. The van der Waals surface area contributed by atoms with Crippen LogP contribution in [0, 0.1) is 13.8 Å². The molecule has 0 atom stereocenters. The van der Waals surface area contributed by atoms with Crippen molar-refractivity contribution in [3.8, 4) is 0 Å². The van der Waals surface area contributed by atoms with Crippen LogP contribution in [-0.4, -0.2) is 16.1 Å². The molecule has 0 radical (unpaired) electrons. The van der Waals surface area contributed by atoms with E-state index < -0.39 is 0 Å². The van der Waals surface area contributed by atoms with Crippen LogP contribution in [0.1, 0.15) is 28.7 Å². The third-order valence-corrected chi connectivity index (χ3v) is 6.11. The molecule has 1 aromatic heterocycles. The Morgan fingerprint density at radius 3 is 2.62 bits per heavy atom. The Bertz CT molecular complexity index is 878. The highest BCUT2D eigenvalue weighted by Crippen LogP contribution is 2.28. The van der Waals surface area contributed by atoms with Crippen molar-refractivity contribution in [1.29, 1.82) is 0 Å². The van der Waals surface area contributed by atoms with E-state index in [0.29, 0.717) is 11.6 Å². The summed E-state index contributed by atoms with van der Waals surface area (Å²) in [4.78, 5) is 12.1. The van der Waals surface area contributed by atoms with Gasteiger partial charge in [0, 0.05) is 12.2 Å². The minimum Gasteiger partial charge on any atom is -0.300 e. The van der Waals surface area contributed by atoms with Gasteiger partial charge in [0.05, 0.1) is 0 Å². The van der Waals surface area contributed by atoms with Gasteiger partial charge in [-0.25, -0.2) is 0 Å². The molecule has 0 fully saturated rings. The van der Waals surface area contributed by atoms with Gasteiger partial charge in [0.1, 0.15) is 0 Å². The second kappa shape index (κ2) is 8.96. The SMILES string of the molecule is Cc1ccc(CCC(=O)Nc2nnc(SCc3ccccc3)s2)cc1C. The molecule has 4 nitrogen and oxygen atoms in total. The van der Waals surface area contributed by atoms with Crippen molar-refractivity contribution < 1.29 is 4.79 Å². The van der Waals surface area contributed by atoms with E-state index in [-0.39, 0.29) is 5.91 Å². The summed E-state index contributed by atoms with van der Waals surface area (Å²) in [5.41, 5.74) is 4.95. The maximum absolute atomic E-state index is 12.1. The molecular weight excluding hydrogens is 362 g/mol. The maximum atomic E-state index is 12.1. The number of carbonyl (C=O) groups is 1. The molecule has 0 unspecified atom stereocenters. The molecule has 1 N–H and O–H groups in total. The van der Waals surface area contributed by atoms with E-state index in [1.54, 1.807) is 11.8 Å². The Morgan fingerprint density at radius 2 is 1.85 bits per heavy atom. The normalized spacial score (nSPS) is 10.7. The van der Waals surface area contributed by atoms with Crippen molar-refractivity contribution in [3.63, 3.8) is 0 Å². The zero-order valence-corrected chi connectivity index (χ0v) is 16.5. The quantitative estimate of drug-likeness (QED) is 0.460. The molecule has 0 saturated carbocycles. The second-order valence-corrected chi connectivity index (χ2v) is 8.31. The summed E-state index contributed by atoms with van der Waals surface area (Å²) in [6.07, 6.45) is 1.16. The van der Waals surface area contributed by atoms with E-state index in [1.165, 1.54) is 33.6 Å². The van der Waals surface area contributed by atoms with Crippen molar-refractivity contribution in [2.75, 3.05) is 5.32 Å². The summed E-state index contributed by atoms with van der Waals surface area (Å²) in [6.45, 7) is 4.18.